The molecule has 2 heteroatoms. The molecule has 60 valence electrons. The summed E-state index contributed by atoms with van der Waals surface area (Å²) in [6.07, 6.45) is 6.57. The van der Waals surface area contributed by atoms with Crippen molar-refractivity contribution in [1.29, 1.82) is 0 Å². The van der Waals surface area contributed by atoms with Crippen molar-refractivity contribution in [2.24, 2.45) is 28.5 Å². The smallest absolute Gasteiger partial charge is 0.103 e. The minimum Gasteiger partial charge on any atom is -0.387 e. The number of allylic oxidation sites excluding steroid dienone is 1. The summed E-state index contributed by atoms with van der Waals surface area (Å²) >= 11 is 0. The molecule has 3 atom stereocenters. The Morgan fingerprint density at radius 1 is 1.55 bits per heavy atom. The summed E-state index contributed by atoms with van der Waals surface area (Å²) in [5.41, 5.74) is 5.78. The summed E-state index contributed by atoms with van der Waals surface area (Å²) in [6, 6.07) is 0. The number of aliphatic imine (C=N–C) groups is 1. The third-order valence-electron chi connectivity index (χ3n) is 2.78. The van der Waals surface area contributed by atoms with Crippen molar-refractivity contribution < 1.29 is 0 Å². The van der Waals surface area contributed by atoms with E-state index in [1.807, 2.05) is 6.20 Å². The monoisotopic (exact) mass is 150 g/mol. The molecule has 0 saturated heterocycles. The Bertz CT molecular complexity index is 218. The van der Waals surface area contributed by atoms with E-state index in [0.29, 0.717) is 11.8 Å². The second kappa shape index (κ2) is 2.36. The highest BCUT2D eigenvalue weighted by Gasteiger charge is 2.33. The summed E-state index contributed by atoms with van der Waals surface area (Å²) in [7, 11) is 0. The van der Waals surface area contributed by atoms with E-state index in [4.69, 9.17) is 5.73 Å². The zero-order valence-corrected chi connectivity index (χ0v) is 6.83. The lowest BCUT2D eigenvalue weighted by molar-refractivity contribution is 0.573. The Balaban J connectivity index is 2.21. The Labute approximate surface area is 67.2 Å². The van der Waals surface area contributed by atoms with Gasteiger partial charge in [0.2, 0.25) is 0 Å². The van der Waals surface area contributed by atoms with Gasteiger partial charge in [-0.2, -0.15) is 0 Å². The third kappa shape index (κ3) is 1.06. The van der Waals surface area contributed by atoms with Crippen LogP contribution in [0.3, 0.4) is 0 Å². The van der Waals surface area contributed by atoms with Crippen LogP contribution in [0.2, 0.25) is 0 Å². The van der Waals surface area contributed by atoms with Crippen molar-refractivity contribution >= 4 is 5.84 Å². The van der Waals surface area contributed by atoms with Gasteiger partial charge in [-0.25, -0.2) is 4.99 Å². The number of fused-ring (bicyclic) bond motifs is 1. The van der Waals surface area contributed by atoms with Crippen LogP contribution in [0.25, 0.3) is 0 Å². The van der Waals surface area contributed by atoms with E-state index < -0.39 is 0 Å². The van der Waals surface area contributed by atoms with E-state index in [1.165, 1.54) is 12.8 Å². The molecule has 1 fully saturated rings. The second-order valence-corrected chi connectivity index (χ2v) is 3.74. The molecule has 0 amide bonds. The molecule has 0 aromatic carbocycles. The molecule has 0 aromatic rings. The van der Waals surface area contributed by atoms with Gasteiger partial charge in [-0.1, -0.05) is 13.0 Å². The number of rotatable bonds is 0. The van der Waals surface area contributed by atoms with Crippen molar-refractivity contribution in [3.63, 3.8) is 0 Å². The van der Waals surface area contributed by atoms with E-state index >= 15 is 0 Å². The van der Waals surface area contributed by atoms with Gasteiger partial charge in [0, 0.05) is 12.1 Å². The summed E-state index contributed by atoms with van der Waals surface area (Å²) in [6.45, 7) is 2.29. The summed E-state index contributed by atoms with van der Waals surface area (Å²) < 4.78 is 0. The highest BCUT2D eigenvalue weighted by molar-refractivity contribution is 5.85. The average Bonchev–Trinajstić information content (AvgIpc) is 2.31. The maximum Gasteiger partial charge on any atom is 0.103 e. The van der Waals surface area contributed by atoms with Crippen molar-refractivity contribution in [3.8, 4) is 0 Å². The van der Waals surface area contributed by atoms with Gasteiger partial charge in [0.15, 0.2) is 0 Å². The fourth-order valence-corrected chi connectivity index (χ4v) is 2.22. The molecule has 0 aromatic heterocycles. The maximum absolute atomic E-state index is 5.78. The van der Waals surface area contributed by atoms with Crippen LogP contribution in [0.15, 0.2) is 17.3 Å². The first-order valence-electron chi connectivity index (χ1n) is 4.27. The molecular weight excluding hydrogens is 136 g/mol. The highest BCUT2D eigenvalue weighted by atomic mass is 14.9. The topological polar surface area (TPSA) is 38.4 Å². The Morgan fingerprint density at radius 3 is 3.09 bits per heavy atom. The molecule has 0 bridgehead atoms. The zero-order chi connectivity index (χ0) is 7.84. The average molecular weight is 150 g/mol. The predicted molar refractivity (Wildman–Crippen MR) is 46.1 cm³/mol. The van der Waals surface area contributed by atoms with Crippen molar-refractivity contribution in [3.05, 3.63) is 12.3 Å². The first kappa shape index (κ1) is 6.89. The SMILES string of the molecule is CC1CC2C=CN=C(N)C2C1. The minimum atomic E-state index is 0.551. The van der Waals surface area contributed by atoms with Gasteiger partial charge in [-0.05, 0) is 24.7 Å². The van der Waals surface area contributed by atoms with Crippen molar-refractivity contribution in [2.75, 3.05) is 0 Å². The molecule has 1 heterocycles. The molecule has 11 heavy (non-hydrogen) atoms. The Hall–Kier alpha value is -0.790. The van der Waals surface area contributed by atoms with Crippen LogP contribution in [0.1, 0.15) is 19.8 Å². The fraction of sp³-hybridized carbons (Fsp3) is 0.667. The molecular formula is C9H14N2. The predicted octanol–water partition coefficient (Wildman–Crippen LogP) is 1.53. The lowest BCUT2D eigenvalue weighted by Gasteiger charge is -2.17. The summed E-state index contributed by atoms with van der Waals surface area (Å²) in [5, 5.41) is 0. The van der Waals surface area contributed by atoms with Crippen LogP contribution in [0.5, 0.6) is 0 Å². The molecule has 2 N–H and O–H groups in total. The maximum atomic E-state index is 5.78. The first-order valence-corrected chi connectivity index (χ1v) is 4.27. The van der Waals surface area contributed by atoms with Crippen molar-refractivity contribution in [1.82, 2.24) is 0 Å². The largest absolute Gasteiger partial charge is 0.387 e. The van der Waals surface area contributed by atoms with E-state index in [-0.39, 0.29) is 0 Å². The first-order chi connectivity index (χ1) is 5.27. The van der Waals surface area contributed by atoms with Crippen LogP contribution in [0, 0.1) is 17.8 Å². The molecule has 2 aliphatic rings. The lowest BCUT2D eigenvalue weighted by Crippen LogP contribution is -2.27. The van der Waals surface area contributed by atoms with Gasteiger partial charge in [0.05, 0.1) is 0 Å². The summed E-state index contributed by atoms with van der Waals surface area (Å²) in [5.74, 6) is 2.90. The number of hydrogen-bond acceptors (Lipinski definition) is 2. The van der Waals surface area contributed by atoms with E-state index in [0.717, 1.165) is 11.8 Å². The molecule has 1 aliphatic heterocycles. The van der Waals surface area contributed by atoms with Gasteiger partial charge in [-0.15, -0.1) is 0 Å². The van der Waals surface area contributed by atoms with E-state index in [9.17, 15) is 0 Å². The van der Waals surface area contributed by atoms with Gasteiger partial charge in [-0.3, -0.25) is 0 Å². The van der Waals surface area contributed by atoms with Gasteiger partial charge in [0.1, 0.15) is 5.84 Å². The van der Waals surface area contributed by atoms with Crippen LogP contribution in [-0.4, -0.2) is 5.84 Å². The van der Waals surface area contributed by atoms with Crippen LogP contribution in [0.4, 0.5) is 0 Å². The van der Waals surface area contributed by atoms with Crippen LogP contribution in [-0.2, 0) is 0 Å². The molecule has 1 aliphatic carbocycles. The van der Waals surface area contributed by atoms with Crippen molar-refractivity contribution in [2.45, 2.75) is 19.8 Å². The quantitative estimate of drug-likeness (QED) is 0.558. The fourth-order valence-electron chi connectivity index (χ4n) is 2.22. The number of hydrogen-bond donors (Lipinski definition) is 1. The third-order valence-corrected chi connectivity index (χ3v) is 2.78. The molecule has 2 nitrogen and oxygen atoms in total. The normalized spacial score (nSPS) is 41.9. The number of nitrogens with zero attached hydrogens (tertiary/aromatic N) is 1. The van der Waals surface area contributed by atoms with E-state index in [2.05, 4.69) is 18.0 Å². The molecule has 0 radical (unpaired) electrons. The van der Waals surface area contributed by atoms with Crippen LogP contribution < -0.4 is 5.73 Å². The second-order valence-electron chi connectivity index (χ2n) is 3.74. The molecule has 2 rings (SSSR count). The standard InChI is InChI=1S/C9H14N2/c1-6-4-7-2-3-11-9(10)8(7)5-6/h2-3,6-8H,4-5H2,1H3,(H2,10,11). The Kier molecular flexibility index (Phi) is 1.48. The lowest BCUT2D eigenvalue weighted by atomic mass is 9.94. The summed E-state index contributed by atoms with van der Waals surface area (Å²) in [4.78, 5) is 4.12. The molecule has 0 spiro atoms. The number of amidine groups is 1. The zero-order valence-electron chi connectivity index (χ0n) is 6.83. The minimum absolute atomic E-state index is 0.551. The van der Waals surface area contributed by atoms with E-state index in [1.54, 1.807) is 0 Å². The van der Waals surface area contributed by atoms with Gasteiger partial charge >= 0.3 is 0 Å². The molecule has 1 saturated carbocycles. The molecule has 3 unspecified atom stereocenters. The Morgan fingerprint density at radius 2 is 2.36 bits per heavy atom. The van der Waals surface area contributed by atoms with Crippen LogP contribution >= 0.6 is 0 Å². The highest BCUT2D eigenvalue weighted by Crippen LogP contribution is 2.38. The van der Waals surface area contributed by atoms with Gasteiger partial charge < -0.3 is 5.73 Å². The number of nitrogens with two attached hydrogens (primary N) is 1. The van der Waals surface area contributed by atoms with Gasteiger partial charge in [0.25, 0.3) is 0 Å².